The van der Waals surface area contributed by atoms with Gasteiger partial charge < -0.3 is 0 Å². The van der Waals surface area contributed by atoms with Crippen LogP contribution in [0.25, 0.3) is 0 Å². The van der Waals surface area contributed by atoms with Gasteiger partial charge in [0.1, 0.15) is 0 Å². The number of hydrogen-bond donors (Lipinski definition) is 0. The molecular formula is H4Cu2S2. The van der Waals surface area contributed by atoms with E-state index in [1.165, 1.54) is 0 Å². The minimum absolute atomic E-state index is 0. The Bertz CT molecular complexity index is 4.00. The maximum absolute atomic E-state index is 0. The molecule has 0 nitrogen and oxygen atoms in total. The van der Waals surface area contributed by atoms with Crippen molar-refractivity contribution in [2.75, 3.05) is 0 Å². The first-order valence-corrected chi connectivity index (χ1v) is 0. The smallest absolute Gasteiger partial charge is 0 e. The Morgan fingerprint density at radius 3 is 0.500 bits per heavy atom. The van der Waals surface area contributed by atoms with Gasteiger partial charge >= 0.3 is 0 Å². The van der Waals surface area contributed by atoms with Crippen molar-refractivity contribution in [1.29, 1.82) is 0 Å². The monoisotopic (exact) mass is 194 g/mol. The fourth-order valence-corrected chi connectivity index (χ4v) is 0. The molecule has 0 fully saturated rings. The van der Waals surface area contributed by atoms with Crippen molar-refractivity contribution in [1.82, 2.24) is 0 Å². The molecule has 0 bridgehead atoms. The Morgan fingerprint density at radius 2 is 0.500 bits per heavy atom. The van der Waals surface area contributed by atoms with E-state index in [9.17, 15) is 0 Å². The first-order chi connectivity index (χ1) is 0. The Hall–Kier alpha value is 1.74. The molecule has 0 aliphatic heterocycles. The average molecular weight is 195 g/mol. The molecule has 0 N–H and O–H groups in total. The Balaban J connectivity index is 0. The van der Waals surface area contributed by atoms with Crippen LogP contribution in [0, 0.1) is 0 Å². The van der Waals surface area contributed by atoms with E-state index in [4.69, 9.17) is 0 Å². The van der Waals surface area contributed by atoms with Gasteiger partial charge in [0.05, 0.1) is 0 Å². The minimum Gasteiger partial charge on any atom is -0.197 e. The molecule has 0 amide bonds. The second-order valence-electron chi connectivity index (χ2n) is 0. The van der Waals surface area contributed by atoms with Gasteiger partial charge in [-0.25, -0.2) is 0 Å². The topological polar surface area (TPSA) is 0 Å². The summed E-state index contributed by atoms with van der Waals surface area (Å²) in [4.78, 5) is 0. The summed E-state index contributed by atoms with van der Waals surface area (Å²) in [6.45, 7) is 0. The zero-order valence-electron chi connectivity index (χ0n) is 1.60. The van der Waals surface area contributed by atoms with Gasteiger partial charge in [0.2, 0.25) is 0 Å². The van der Waals surface area contributed by atoms with Crippen molar-refractivity contribution in [3.8, 4) is 0 Å². The molecule has 0 atom stereocenters. The molecule has 0 saturated carbocycles. The fraction of sp³-hybridized carbons (Fsp3) is 0. The molecule has 0 aromatic carbocycles. The first kappa shape index (κ1) is 42.6. The van der Waals surface area contributed by atoms with Gasteiger partial charge in [0.25, 0.3) is 0 Å². The zero-order chi connectivity index (χ0) is 0. The van der Waals surface area contributed by atoms with Crippen LogP contribution in [0.5, 0.6) is 0 Å². The van der Waals surface area contributed by atoms with Crippen LogP contribution in [-0.2, 0) is 34.1 Å². The van der Waals surface area contributed by atoms with E-state index in [-0.39, 0.29) is 61.1 Å². The standard InChI is InChI=1S/2Cu.2H2S/h;;2*1H2. The van der Waals surface area contributed by atoms with Gasteiger partial charge in [-0.1, -0.05) is 0 Å². The van der Waals surface area contributed by atoms with Crippen molar-refractivity contribution in [3.63, 3.8) is 0 Å². The van der Waals surface area contributed by atoms with Crippen LogP contribution < -0.4 is 0 Å². The van der Waals surface area contributed by atoms with Crippen LogP contribution in [0.15, 0.2) is 0 Å². The predicted molar refractivity (Wildman–Crippen MR) is 20.8 cm³/mol. The molecule has 0 aliphatic carbocycles. The molecule has 0 aromatic rings. The minimum atomic E-state index is 0. The maximum atomic E-state index is 0. The molecule has 4 heteroatoms. The third kappa shape index (κ3) is 9.28. The van der Waals surface area contributed by atoms with Crippen molar-refractivity contribution < 1.29 is 34.1 Å². The Labute approximate surface area is 60.9 Å². The first-order valence-electron chi connectivity index (χ1n) is 0. The summed E-state index contributed by atoms with van der Waals surface area (Å²) in [5.41, 5.74) is 0. The zero-order valence-corrected chi connectivity index (χ0v) is 5.49. The van der Waals surface area contributed by atoms with Crippen molar-refractivity contribution >= 4 is 27.0 Å². The van der Waals surface area contributed by atoms with Crippen molar-refractivity contribution in [3.05, 3.63) is 0 Å². The SMILES string of the molecule is S.S.[Cu].[Cu]. The van der Waals surface area contributed by atoms with Crippen LogP contribution in [0.4, 0.5) is 0 Å². The number of hydrogen-bond acceptors (Lipinski definition) is 0. The third-order valence-electron chi connectivity index (χ3n) is 0. The normalized spacial score (nSPS) is 0. The van der Waals surface area contributed by atoms with E-state index in [0.29, 0.717) is 0 Å². The largest absolute Gasteiger partial charge is 0.197 e. The summed E-state index contributed by atoms with van der Waals surface area (Å²) in [7, 11) is 0. The summed E-state index contributed by atoms with van der Waals surface area (Å²) in [6.07, 6.45) is 0. The molecular weight excluding hydrogens is 191 g/mol. The molecule has 4 heavy (non-hydrogen) atoms. The second kappa shape index (κ2) is 21.9. The van der Waals surface area contributed by atoms with E-state index in [1.54, 1.807) is 0 Å². The van der Waals surface area contributed by atoms with Gasteiger partial charge in [-0.05, 0) is 0 Å². The molecule has 0 heterocycles. The summed E-state index contributed by atoms with van der Waals surface area (Å²) in [6, 6.07) is 0. The fourth-order valence-electron chi connectivity index (χ4n) is 0. The van der Waals surface area contributed by atoms with E-state index in [2.05, 4.69) is 0 Å². The molecule has 0 aromatic heterocycles. The molecule has 0 spiro atoms. The summed E-state index contributed by atoms with van der Waals surface area (Å²) < 4.78 is 0. The molecule has 0 saturated heterocycles. The van der Waals surface area contributed by atoms with Crippen LogP contribution in [-0.4, -0.2) is 0 Å². The summed E-state index contributed by atoms with van der Waals surface area (Å²) in [5.74, 6) is 0. The van der Waals surface area contributed by atoms with Crippen LogP contribution in [0.2, 0.25) is 0 Å². The second-order valence-corrected chi connectivity index (χ2v) is 0. The Morgan fingerprint density at radius 1 is 0.500 bits per heavy atom. The molecule has 0 rings (SSSR count). The molecule has 2 radical (unpaired) electrons. The Kier molecular flexibility index (Phi) is 233. The van der Waals surface area contributed by atoms with E-state index >= 15 is 0 Å². The van der Waals surface area contributed by atoms with E-state index in [1.807, 2.05) is 0 Å². The number of rotatable bonds is 0. The van der Waals surface area contributed by atoms with Crippen LogP contribution >= 0.6 is 27.0 Å². The summed E-state index contributed by atoms with van der Waals surface area (Å²) in [5, 5.41) is 0. The van der Waals surface area contributed by atoms with Crippen molar-refractivity contribution in [2.24, 2.45) is 0 Å². The third-order valence-corrected chi connectivity index (χ3v) is 0. The quantitative estimate of drug-likeness (QED) is 0.485. The summed E-state index contributed by atoms with van der Waals surface area (Å²) >= 11 is 0. The van der Waals surface area contributed by atoms with Gasteiger partial charge in [-0.3, -0.25) is 0 Å². The van der Waals surface area contributed by atoms with Crippen LogP contribution in [0.1, 0.15) is 0 Å². The molecule has 0 unspecified atom stereocenters. The predicted octanol–water partition coefficient (Wildman–Crippen LogP) is 0.221. The van der Waals surface area contributed by atoms with Crippen LogP contribution in [0.3, 0.4) is 0 Å². The van der Waals surface area contributed by atoms with Gasteiger partial charge in [-0.2, -0.15) is 27.0 Å². The van der Waals surface area contributed by atoms with Gasteiger partial charge in [0.15, 0.2) is 0 Å². The average Bonchev–Trinajstić information content (AvgIpc) is 0. The van der Waals surface area contributed by atoms with Gasteiger partial charge in [0, 0.05) is 34.1 Å². The van der Waals surface area contributed by atoms with E-state index in [0.717, 1.165) is 0 Å². The van der Waals surface area contributed by atoms with E-state index < -0.39 is 0 Å². The molecule has 38 valence electrons. The maximum Gasteiger partial charge on any atom is 0 e. The van der Waals surface area contributed by atoms with Crippen molar-refractivity contribution in [2.45, 2.75) is 0 Å². The molecule has 0 aliphatic rings. The van der Waals surface area contributed by atoms with Gasteiger partial charge in [-0.15, -0.1) is 0 Å².